The number of carbonyl (C=O) groups is 1. The number of aromatic nitrogens is 2. The third-order valence-corrected chi connectivity index (χ3v) is 4.31. The molecule has 0 saturated carbocycles. The standard InChI is InChI=1S/C19H19F4N3O4S/c1-19(22,23)18-24-11-14(17(26-18)30-13-6-4-3-5-7-13)16(27)25-12(10-15(20)21)8-9-31(2,28)29/h3-9,11-12,15H,10H2,1-2H3,(H,25,27)/b9-8+/t12-/m1/s1. The van der Waals surface area contributed by atoms with Crippen molar-refractivity contribution in [3.63, 3.8) is 0 Å². The van der Waals surface area contributed by atoms with Gasteiger partial charge in [0.15, 0.2) is 9.84 Å². The Morgan fingerprint density at radius 1 is 1.26 bits per heavy atom. The number of rotatable bonds is 9. The van der Waals surface area contributed by atoms with E-state index in [1.807, 2.05) is 0 Å². The Bertz CT molecular complexity index is 1040. The topological polar surface area (TPSA) is 98.2 Å². The van der Waals surface area contributed by atoms with E-state index >= 15 is 0 Å². The van der Waals surface area contributed by atoms with E-state index in [0.29, 0.717) is 12.3 Å². The van der Waals surface area contributed by atoms with Crippen molar-refractivity contribution in [2.24, 2.45) is 0 Å². The second-order valence-electron chi connectivity index (χ2n) is 6.58. The molecule has 12 heteroatoms. The van der Waals surface area contributed by atoms with Gasteiger partial charge < -0.3 is 10.1 Å². The maximum atomic E-state index is 13.6. The van der Waals surface area contributed by atoms with E-state index < -0.39 is 57.8 Å². The van der Waals surface area contributed by atoms with Crippen LogP contribution in [0.25, 0.3) is 0 Å². The number of alkyl halides is 4. The number of carbonyl (C=O) groups excluding carboxylic acids is 1. The Hall–Kier alpha value is -3.02. The van der Waals surface area contributed by atoms with Gasteiger partial charge in [-0.05, 0) is 12.1 Å². The first-order valence-electron chi connectivity index (χ1n) is 8.80. The third-order valence-electron chi connectivity index (χ3n) is 3.66. The van der Waals surface area contributed by atoms with Gasteiger partial charge in [-0.15, -0.1) is 0 Å². The summed E-state index contributed by atoms with van der Waals surface area (Å²) in [6.07, 6.45) is -1.20. The fourth-order valence-corrected chi connectivity index (χ4v) is 2.75. The zero-order valence-electron chi connectivity index (χ0n) is 16.4. The highest BCUT2D eigenvalue weighted by Gasteiger charge is 2.31. The van der Waals surface area contributed by atoms with Gasteiger partial charge >= 0.3 is 5.92 Å². The highest BCUT2D eigenvalue weighted by Crippen LogP contribution is 2.29. The number of halogens is 4. The third kappa shape index (κ3) is 7.96. The van der Waals surface area contributed by atoms with Crippen LogP contribution in [0, 0.1) is 0 Å². The minimum atomic E-state index is -3.64. The maximum Gasteiger partial charge on any atom is 0.303 e. The second-order valence-corrected chi connectivity index (χ2v) is 8.51. The first-order valence-corrected chi connectivity index (χ1v) is 10.8. The molecule has 168 valence electrons. The number of nitrogens with zero attached hydrogens (tertiary/aromatic N) is 2. The minimum Gasteiger partial charge on any atom is -0.438 e. The maximum absolute atomic E-state index is 13.6. The molecule has 2 rings (SSSR count). The molecule has 2 aromatic rings. The number of ether oxygens (including phenoxy) is 1. The Kier molecular flexibility index (Phi) is 7.71. The summed E-state index contributed by atoms with van der Waals surface area (Å²) in [6.45, 7) is 0.559. The van der Waals surface area contributed by atoms with Gasteiger partial charge in [0, 0.05) is 31.2 Å². The first kappa shape index (κ1) is 24.3. The van der Waals surface area contributed by atoms with E-state index in [1.165, 1.54) is 12.1 Å². The molecule has 1 aromatic carbocycles. The average molecular weight is 461 g/mol. The molecule has 0 aliphatic carbocycles. The van der Waals surface area contributed by atoms with Crippen LogP contribution in [0.4, 0.5) is 17.6 Å². The van der Waals surface area contributed by atoms with Crippen molar-refractivity contribution in [1.29, 1.82) is 0 Å². The number of para-hydroxylation sites is 1. The van der Waals surface area contributed by atoms with Crippen molar-refractivity contribution in [1.82, 2.24) is 15.3 Å². The highest BCUT2D eigenvalue weighted by atomic mass is 32.2. The van der Waals surface area contributed by atoms with E-state index in [-0.39, 0.29) is 5.75 Å². The summed E-state index contributed by atoms with van der Waals surface area (Å²) < 4.78 is 80.9. The Balaban J connectivity index is 2.39. The van der Waals surface area contributed by atoms with Gasteiger partial charge in [-0.1, -0.05) is 24.3 Å². The zero-order valence-corrected chi connectivity index (χ0v) is 17.2. The molecule has 1 aromatic heterocycles. The number of hydrogen-bond donors (Lipinski definition) is 1. The predicted molar refractivity (Wildman–Crippen MR) is 104 cm³/mol. The quantitative estimate of drug-likeness (QED) is 0.572. The fraction of sp³-hybridized carbons (Fsp3) is 0.316. The summed E-state index contributed by atoms with van der Waals surface area (Å²) in [7, 11) is -3.64. The van der Waals surface area contributed by atoms with Gasteiger partial charge in [0.2, 0.25) is 18.1 Å². The van der Waals surface area contributed by atoms with Crippen molar-refractivity contribution in [3.8, 4) is 11.6 Å². The molecule has 0 radical (unpaired) electrons. The molecule has 1 atom stereocenters. The van der Waals surface area contributed by atoms with Gasteiger partial charge in [0.25, 0.3) is 5.91 Å². The van der Waals surface area contributed by atoms with Crippen molar-refractivity contribution in [2.45, 2.75) is 31.7 Å². The van der Waals surface area contributed by atoms with Crippen LogP contribution in [0.15, 0.2) is 48.0 Å². The molecule has 1 heterocycles. The van der Waals surface area contributed by atoms with Crippen LogP contribution < -0.4 is 10.1 Å². The molecule has 7 nitrogen and oxygen atoms in total. The van der Waals surface area contributed by atoms with Crippen LogP contribution in [0.3, 0.4) is 0 Å². The average Bonchev–Trinajstić information content (AvgIpc) is 2.65. The fourth-order valence-electron chi connectivity index (χ4n) is 2.27. The lowest BCUT2D eigenvalue weighted by molar-refractivity contribution is 0.00706. The molecule has 0 fully saturated rings. The summed E-state index contributed by atoms with van der Waals surface area (Å²) in [5.74, 6) is -5.68. The van der Waals surface area contributed by atoms with E-state index in [2.05, 4.69) is 15.3 Å². The Morgan fingerprint density at radius 3 is 2.45 bits per heavy atom. The minimum absolute atomic E-state index is 0.182. The van der Waals surface area contributed by atoms with Crippen LogP contribution in [0.2, 0.25) is 0 Å². The van der Waals surface area contributed by atoms with E-state index in [1.54, 1.807) is 18.2 Å². The summed E-state index contributed by atoms with van der Waals surface area (Å²) in [5, 5.41) is 2.88. The van der Waals surface area contributed by atoms with Crippen LogP contribution in [0.5, 0.6) is 11.6 Å². The summed E-state index contributed by atoms with van der Waals surface area (Å²) in [6, 6.07) is 6.48. The van der Waals surface area contributed by atoms with E-state index in [4.69, 9.17) is 4.74 Å². The number of amides is 1. The van der Waals surface area contributed by atoms with Crippen LogP contribution >= 0.6 is 0 Å². The SMILES string of the molecule is CC(F)(F)c1ncc(C(=O)N[C@H](/C=C/S(C)(=O)=O)CC(F)F)c(Oc2ccccc2)n1. The predicted octanol–water partition coefficient (Wildman–Crippen LogP) is 3.69. The molecule has 0 spiro atoms. The van der Waals surface area contributed by atoms with Crippen LogP contribution in [-0.4, -0.2) is 43.0 Å². The van der Waals surface area contributed by atoms with Crippen molar-refractivity contribution in [2.75, 3.05) is 6.26 Å². The number of nitrogens with one attached hydrogen (secondary N) is 1. The molecule has 0 aliphatic heterocycles. The molecule has 1 N–H and O–H groups in total. The van der Waals surface area contributed by atoms with Gasteiger partial charge in [-0.2, -0.15) is 13.8 Å². The summed E-state index contributed by atoms with van der Waals surface area (Å²) in [4.78, 5) is 19.7. The Labute approximate surface area is 176 Å². The van der Waals surface area contributed by atoms with Gasteiger partial charge in [0.05, 0.1) is 6.04 Å². The number of hydrogen-bond acceptors (Lipinski definition) is 6. The van der Waals surface area contributed by atoms with Gasteiger partial charge in [-0.25, -0.2) is 22.2 Å². The molecule has 31 heavy (non-hydrogen) atoms. The lowest BCUT2D eigenvalue weighted by Gasteiger charge is -2.17. The molecular formula is C19H19F4N3O4S. The molecule has 1 amide bonds. The zero-order chi connectivity index (χ0) is 23.2. The lowest BCUT2D eigenvalue weighted by atomic mass is 10.2. The normalized spacial score (nSPS) is 13.4. The van der Waals surface area contributed by atoms with E-state index in [0.717, 1.165) is 18.5 Å². The van der Waals surface area contributed by atoms with Crippen molar-refractivity contribution < 1.29 is 35.5 Å². The van der Waals surface area contributed by atoms with E-state index in [9.17, 15) is 30.8 Å². The largest absolute Gasteiger partial charge is 0.438 e. The number of sulfone groups is 1. The first-order chi connectivity index (χ1) is 14.3. The molecule has 0 bridgehead atoms. The number of benzene rings is 1. The molecule has 0 unspecified atom stereocenters. The summed E-state index contributed by atoms with van der Waals surface area (Å²) in [5.41, 5.74) is -0.399. The second kappa shape index (κ2) is 9.86. The Morgan fingerprint density at radius 2 is 1.90 bits per heavy atom. The van der Waals surface area contributed by atoms with Crippen molar-refractivity contribution in [3.05, 3.63) is 59.4 Å². The molecule has 0 aliphatic rings. The van der Waals surface area contributed by atoms with Crippen LogP contribution in [0.1, 0.15) is 29.5 Å². The van der Waals surface area contributed by atoms with Gasteiger partial charge in [0.1, 0.15) is 11.3 Å². The lowest BCUT2D eigenvalue weighted by Crippen LogP contribution is -2.35. The monoisotopic (exact) mass is 461 g/mol. The molecular weight excluding hydrogens is 442 g/mol. The van der Waals surface area contributed by atoms with Crippen molar-refractivity contribution >= 4 is 15.7 Å². The van der Waals surface area contributed by atoms with Gasteiger partial charge in [-0.3, -0.25) is 4.79 Å². The smallest absolute Gasteiger partial charge is 0.303 e. The van der Waals surface area contributed by atoms with Crippen LogP contribution in [-0.2, 0) is 15.8 Å². The molecule has 0 saturated heterocycles. The highest BCUT2D eigenvalue weighted by molar-refractivity contribution is 7.93. The summed E-state index contributed by atoms with van der Waals surface area (Å²) >= 11 is 0.